The molecule has 0 bridgehead atoms. The van der Waals surface area contributed by atoms with E-state index in [0.29, 0.717) is 12.0 Å². The van der Waals surface area contributed by atoms with E-state index < -0.39 is 5.97 Å². The third kappa shape index (κ3) is 2.14. The van der Waals surface area contributed by atoms with E-state index in [0.717, 1.165) is 17.5 Å². The predicted octanol–water partition coefficient (Wildman–Crippen LogP) is 1.78. The van der Waals surface area contributed by atoms with Gasteiger partial charge in [-0.2, -0.15) is 0 Å². The van der Waals surface area contributed by atoms with Crippen molar-refractivity contribution in [2.75, 3.05) is 6.61 Å². The third-order valence-corrected chi connectivity index (χ3v) is 3.87. The number of ether oxygens (including phenoxy) is 1. The van der Waals surface area contributed by atoms with E-state index >= 15 is 0 Å². The van der Waals surface area contributed by atoms with Crippen LogP contribution in [0.15, 0.2) is 30.4 Å². The molecule has 108 valence electrons. The lowest BCUT2D eigenvalue weighted by atomic mass is 10.00. The number of benzene rings is 1. The van der Waals surface area contributed by atoms with Crippen molar-refractivity contribution in [2.45, 2.75) is 25.8 Å². The van der Waals surface area contributed by atoms with E-state index in [2.05, 4.69) is 0 Å². The van der Waals surface area contributed by atoms with Crippen molar-refractivity contribution < 1.29 is 19.1 Å². The molecule has 0 spiro atoms. The van der Waals surface area contributed by atoms with Gasteiger partial charge in [0.1, 0.15) is 0 Å². The van der Waals surface area contributed by atoms with Crippen LogP contribution in [-0.4, -0.2) is 29.3 Å². The van der Waals surface area contributed by atoms with Gasteiger partial charge in [0.2, 0.25) is 0 Å². The van der Waals surface area contributed by atoms with Gasteiger partial charge in [-0.05, 0) is 37.0 Å². The number of rotatable bonds is 3. The Kier molecular flexibility index (Phi) is 3.33. The Labute approximate surface area is 122 Å². The fourth-order valence-electron chi connectivity index (χ4n) is 3.03. The van der Waals surface area contributed by atoms with Crippen LogP contribution < -0.4 is 0 Å². The Hall–Kier alpha value is -2.43. The molecule has 0 aromatic heterocycles. The zero-order chi connectivity index (χ0) is 15.0. The smallest absolute Gasteiger partial charge is 0.338 e. The first-order valence-electron chi connectivity index (χ1n) is 6.97. The van der Waals surface area contributed by atoms with Crippen LogP contribution in [0.2, 0.25) is 0 Å². The number of fused-ring (bicyclic) bond motifs is 1. The second-order valence-corrected chi connectivity index (χ2v) is 5.03. The summed E-state index contributed by atoms with van der Waals surface area (Å²) >= 11 is 0. The zero-order valence-electron chi connectivity index (χ0n) is 11.7. The van der Waals surface area contributed by atoms with Gasteiger partial charge < -0.3 is 4.74 Å². The fourth-order valence-corrected chi connectivity index (χ4v) is 3.03. The van der Waals surface area contributed by atoms with Crippen LogP contribution in [0.1, 0.15) is 40.9 Å². The van der Waals surface area contributed by atoms with Gasteiger partial charge in [0.25, 0.3) is 11.8 Å². The molecule has 0 N–H and O–H groups in total. The van der Waals surface area contributed by atoms with Gasteiger partial charge in [-0.25, -0.2) is 4.79 Å². The maximum atomic E-state index is 12.1. The van der Waals surface area contributed by atoms with Crippen LogP contribution in [0, 0.1) is 0 Å². The van der Waals surface area contributed by atoms with E-state index in [4.69, 9.17) is 4.74 Å². The quantitative estimate of drug-likeness (QED) is 0.627. The average Bonchev–Trinajstić information content (AvgIpc) is 3.02. The van der Waals surface area contributed by atoms with Gasteiger partial charge in [0.05, 0.1) is 18.2 Å². The highest BCUT2D eigenvalue weighted by molar-refractivity contribution is 6.13. The van der Waals surface area contributed by atoms with Crippen LogP contribution in [0.5, 0.6) is 0 Å². The molecular weight excluding hydrogens is 270 g/mol. The monoisotopic (exact) mass is 285 g/mol. The number of carbonyl (C=O) groups is 3. The molecule has 1 heterocycles. The molecule has 1 atom stereocenters. The molecule has 1 aliphatic carbocycles. The summed E-state index contributed by atoms with van der Waals surface area (Å²) < 4.78 is 5.07. The minimum atomic E-state index is -0.409. The van der Waals surface area contributed by atoms with Crippen molar-refractivity contribution in [3.8, 4) is 0 Å². The number of hydrogen-bond acceptors (Lipinski definition) is 4. The Balaban J connectivity index is 2.03. The summed E-state index contributed by atoms with van der Waals surface area (Å²) in [7, 11) is 0. The van der Waals surface area contributed by atoms with Crippen molar-refractivity contribution in [3.05, 3.63) is 47.0 Å². The van der Waals surface area contributed by atoms with Gasteiger partial charge in [0, 0.05) is 12.2 Å². The highest BCUT2D eigenvalue weighted by Gasteiger charge is 2.38. The molecule has 3 rings (SSSR count). The van der Waals surface area contributed by atoms with Gasteiger partial charge in [-0.3, -0.25) is 14.5 Å². The summed E-state index contributed by atoms with van der Waals surface area (Å²) in [4.78, 5) is 37.1. The molecule has 1 aromatic carbocycles. The summed E-state index contributed by atoms with van der Waals surface area (Å²) in [6, 6.07) is 5.04. The van der Waals surface area contributed by atoms with E-state index in [1.807, 2.05) is 6.07 Å². The van der Waals surface area contributed by atoms with E-state index in [9.17, 15) is 14.4 Å². The molecule has 0 fully saturated rings. The predicted molar refractivity (Wildman–Crippen MR) is 74.5 cm³/mol. The SMILES string of the molecule is CCOC(=O)c1cccc2c1[C@@H](N1C(=O)C=CC1=O)CC2. The second-order valence-electron chi connectivity index (χ2n) is 5.03. The van der Waals surface area contributed by atoms with Gasteiger partial charge in [-0.15, -0.1) is 0 Å². The summed E-state index contributed by atoms with van der Waals surface area (Å²) in [5, 5.41) is 0. The molecule has 21 heavy (non-hydrogen) atoms. The molecule has 0 unspecified atom stereocenters. The normalized spacial score (nSPS) is 20.0. The number of esters is 1. The van der Waals surface area contributed by atoms with Crippen molar-refractivity contribution in [1.29, 1.82) is 0 Å². The Morgan fingerprint density at radius 3 is 2.67 bits per heavy atom. The number of hydrogen-bond donors (Lipinski definition) is 0. The lowest BCUT2D eigenvalue weighted by Crippen LogP contribution is -2.34. The number of aryl methyl sites for hydroxylation is 1. The first-order valence-corrected chi connectivity index (χ1v) is 6.97. The summed E-state index contributed by atoms with van der Waals surface area (Å²) in [5.41, 5.74) is 2.20. The van der Waals surface area contributed by atoms with E-state index in [-0.39, 0.29) is 24.5 Å². The average molecular weight is 285 g/mol. The van der Waals surface area contributed by atoms with Gasteiger partial charge >= 0.3 is 5.97 Å². The fraction of sp³-hybridized carbons (Fsp3) is 0.312. The zero-order valence-corrected chi connectivity index (χ0v) is 11.7. The summed E-state index contributed by atoms with van der Waals surface area (Å²) in [6.07, 6.45) is 3.93. The number of carbonyl (C=O) groups excluding carboxylic acids is 3. The molecule has 5 nitrogen and oxygen atoms in total. The molecule has 0 saturated carbocycles. The molecule has 1 aliphatic heterocycles. The molecule has 2 aliphatic rings. The van der Waals surface area contributed by atoms with Crippen molar-refractivity contribution in [2.24, 2.45) is 0 Å². The number of imide groups is 1. The molecular formula is C16H15NO4. The van der Waals surface area contributed by atoms with Crippen molar-refractivity contribution in [3.63, 3.8) is 0 Å². The molecule has 2 amide bonds. The summed E-state index contributed by atoms with van der Waals surface area (Å²) in [6.45, 7) is 2.03. The lowest BCUT2D eigenvalue weighted by Gasteiger charge is -2.24. The largest absolute Gasteiger partial charge is 0.462 e. The highest BCUT2D eigenvalue weighted by Crippen LogP contribution is 2.39. The molecule has 0 radical (unpaired) electrons. The Morgan fingerprint density at radius 1 is 1.29 bits per heavy atom. The number of nitrogens with zero attached hydrogens (tertiary/aromatic N) is 1. The Morgan fingerprint density at radius 2 is 2.00 bits per heavy atom. The first-order chi connectivity index (χ1) is 10.1. The molecule has 1 aromatic rings. The van der Waals surface area contributed by atoms with Crippen LogP contribution in [0.25, 0.3) is 0 Å². The third-order valence-electron chi connectivity index (χ3n) is 3.87. The molecule has 5 heteroatoms. The Bertz CT molecular complexity index is 644. The van der Waals surface area contributed by atoms with E-state index in [1.54, 1.807) is 19.1 Å². The lowest BCUT2D eigenvalue weighted by molar-refractivity contribution is -0.139. The standard InChI is InChI=1S/C16H15NO4/c1-2-21-16(20)11-5-3-4-10-6-7-12(15(10)11)17-13(18)8-9-14(17)19/h3-5,8-9,12H,2,6-7H2,1H3/t12-/m0/s1. The maximum absolute atomic E-state index is 12.1. The van der Waals surface area contributed by atoms with Crippen molar-refractivity contribution in [1.82, 2.24) is 4.90 Å². The maximum Gasteiger partial charge on any atom is 0.338 e. The topological polar surface area (TPSA) is 63.7 Å². The van der Waals surface area contributed by atoms with Gasteiger partial charge in [0.15, 0.2) is 0 Å². The van der Waals surface area contributed by atoms with Gasteiger partial charge in [-0.1, -0.05) is 12.1 Å². The van der Waals surface area contributed by atoms with E-state index in [1.165, 1.54) is 17.1 Å². The second kappa shape index (κ2) is 5.16. The van der Waals surface area contributed by atoms with Crippen LogP contribution in [0.4, 0.5) is 0 Å². The van der Waals surface area contributed by atoms with Crippen LogP contribution >= 0.6 is 0 Å². The summed E-state index contributed by atoms with van der Waals surface area (Å²) in [5.74, 6) is -1.05. The van der Waals surface area contributed by atoms with Crippen LogP contribution in [-0.2, 0) is 20.7 Å². The minimum Gasteiger partial charge on any atom is -0.462 e. The first kappa shape index (κ1) is 13.5. The molecule has 0 saturated heterocycles. The highest BCUT2D eigenvalue weighted by atomic mass is 16.5. The minimum absolute atomic E-state index is 0.288. The number of amides is 2. The van der Waals surface area contributed by atoms with Crippen molar-refractivity contribution >= 4 is 17.8 Å². The van der Waals surface area contributed by atoms with Crippen LogP contribution in [0.3, 0.4) is 0 Å².